The minimum absolute atomic E-state index is 0.0208. The van der Waals surface area contributed by atoms with E-state index in [1.54, 1.807) is 7.05 Å². The van der Waals surface area contributed by atoms with Crippen LogP contribution < -0.4 is 5.32 Å². The third kappa shape index (κ3) is 2.81. The molecule has 2 aromatic heterocycles. The molecule has 0 radical (unpaired) electrons. The van der Waals surface area contributed by atoms with Gasteiger partial charge in [0.25, 0.3) is 0 Å². The maximum Gasteiger partial charge on any atom is 0.417 e. The highest BCUT2D eigenvalue weighted by molar-refractivity contribution is 6.37. The Hall–Kier alpha value is -1.53. The fraction of sp³-hybridized carbons (Fsp3) is 0.167. The van der Waals surface area contributed by atoms with Gasteiger partial charge in [0.15, 0.2) is 0 Å². The molecule has 2 rings (SSSR count). The van der Waals surface area contributed by atoms with Crippen molar-refractivity contribution < 1.29 is 13.2 Å². The van der Waals surface area contributed by atoms with Crippen LogP contribution in [-0.4, -0.2) is 17.0 Å². The smallest absolute Gasteiger partial charge is 0.372 e. The molecule has 0 atom stereocenters. The Morgan fingerprint density at radius 3 is 2.50 bits per heavy atom. The lowest BCUT2D eigenvalue weighted by atomic mass is 10.1. The molecular formula is C12H8Cl2F3N3. The normalized spacial score (nSPS) is 11.5. The van der Waals surface area contributed by atoms with E-state index in [1.165, 1.54) is 6.07 Å². The van der Waals surface area contributed by atoms with Gasteiger partial charge in [-0.3, -0.25) is 4.98 Å². The van der Waals surface area contributed by atoms with Crippen LogP contribution >= 0.6 is 23.2 Å². The fourth-order valence-electron chi connectivity index (χ4n) is 1.66. The van der Waals surface area contributed by atoms with Crippen LogP contribution in [0.4, 0.5) is 19.0 Å². The number of anilines is 1. The van der Waals surface area contributed by atoms with Crippen molar-refractivity contribution in [3.63, 3.8) is 0 Å². The number of aromatic nitrogens is 2. The van der Waals surface area contributed by atoms with E-state index in [-0.39, 0.29) is 27.1 Å². The van der Waals surface area contributed by atoms with Crippen LogP contribution in [0.25, 0.3) is 11.3 Å². The van der Waals surface area contributed by atoms with E-state index in [0.717, 1.165) is 18.5 Å². The van der Waals surface area contributed by atoms with Crippen LogP contribution in [0.15, 0.2) is 24.5 Å². The van der Waals surface area contributed by atoms with Crippen LogP contribution in [0, 0.1) is 0 Å². The number of rotatable bonds is 2. The van der Waals surface area contributed by atoms with Gasteiger partial charge in [0.05, 0.1) is 21.3 Å². The zero-order valence-corrected chi connectivity index (χ0v) is 11.6. The lowest BCUT2D eigenvalue weighted by molar-refractivity contribution is -0.137. The van der Waals surface area contributed by atoms with Crippen molar-refractivity contribution in [3.05, 3.63) is 40.1 Å². The molecule has 2 heterocycles. The largest absolute Gasteiger partial charge is 0.417 e. The first-order chi connectivity index (χ1) is 9.34. The number of pyridine rings is 2. The molecule has 0 unspecified atom stereocenters. The Labute approximate surface area is 122 Å². The zero-order chi connectivity index (χ0) is 14.9. The predicted molar refractivity (Wildman–Crippen MR) is 72.0 cm³/mol. The number of alkyl halides is 3. The van der Waals surface area contributed by atoms with E-state index < -0.39 is 11.7 Å². The Balaban J connectivity index is 2.69. The van der Waals surface area contributed by atoms with Crippen molar-refractivity contribution >= 4 is 29.0 Å². The predicted octanol–water partition coefficient (Wildman–Crippen LogP) is 4.51. The summed E-state index contributed by atoms with van der Waals surface area (Å²) in [6, 6.07) is 2.21. The SMILES string of the molecule is CNc1nc(-c2cnccc2C(F)(F)F)c(Cl)cc1Cl. The number of hydrogen-bond acceptors (Lipinski definition) is 3. The second-order valence-electron chi connectivity index (χ2n) is 3.82. The molecule has 0 amide bonds. The molecule has 0 aliphatic heterocycles. The summed E-state index contributed by atoms with van der Waals surface area (Å²) in [6.07, 6.45) is -2.39. The molecule has 8 heteroatoms. The Morgan fingerprint density at radius 2 is 1.90 bits per heavy atom. The number of hydrogen-bond donors (Lipinski definition) is 1. The van der Waals surface area contributed by atoms with Crippen molar-refractivity contribution in [2.45, 2.75) is 6.18 Å². The molecule has 0 aliphatic rings. The second kappa shape index (κ2) is 5.46. The van der Waals surface area contributed by atoms with Crippen LogP contribution in [0.5, 0.6) is 0 Å². The Morgan fingerprint density at radius 1 is 1.20 bits per heavy atom. The van der Waals surface area contributed by atoms with Gasteiger partial charge in [-0.1, -0.05) is 23.2 Å². The second-order valence-corrected chi connectivity index (χ2v) is 4.63. The molecule has 0 saturated carbocycles. The summed E-state index contributed by atoms with van der Waals surface area (Å²) in [6.45, 7) is 0. The number of nitrogens with zero attached hydrogens (tertiary/aromatic N) is 2. The first kappa shape index (κ1) is 14.9. The monoisotopic (exact) mass is 321 g/mol. The minimum Gasteiger partial charge on any atom is -0.372 e. The summed E-state index contributed by atoms with van der Waals surface area (Å²) in [5.74, 6) is 0.239. The highest BCUT2D eigenvalue weighted by Gasteiger charge is 2.34. The van der Waals surface area contributed by atoms with Gasteiger partial charge >= 0.3 is 6.18 Å². The van der Waals surface area contributed by atoms with Gasteiger partial charge in [-0.15, -0.1) is 0 Å². The van der Waals surface area contributed by atoms with Gasteiger partial charge in [-0.25, -0.2) is 4.98 Å². The van der Waals surface area contributed by atoms with Gasteiger partial charge in [-0.05, 0) is 12.1 Å². The quantitative estimate of drug-likeness (QED) is 0.884. The molecule has 3 nitrogen and oxygen atoms in total. The zero-order valence-electron chi connectivity index (χ0n) is 10.1. The van der Waals surface area contributed by atoms with E-state index in [1.807, 2.05) is 0 Å². The van der Waals surface area contributed by atoms with Crippen molar-refractivity contribution in [1.82, 2.24) is 9.97 Å². The van der Waals surface area contributed by atoms with Gasteiger partial charge in [0.2, 0.25) is 0 Å². The third-order valence-corrected chi connectivity index (χ3v) is 3.12. The van der Waals surface area contributed by atoms with Crippen LogP contribution in [0.2, 0.25) is 10.0 Å². The molecule has 1 N–H and O–H groups in total. The summed E-state index contributed by atoms with van der Waals surface area (Å²) >= 11 is 11.8. The molecule has 106 valence electrons. The first-order valence-electron chi connectivity index (χ1n) is 5.40. The van der Waals surface area contributed by atoms with Crippen molar-refractivity contribution in [2.75, 3.05) is 12.4 Å². The highest BCUT2D eigenvalue weighted by atomic mass is 35.5. The van der Waals surface area contributed by atoms with Gasteiger partial charge in [-0.2, -0.15) is 13.2 Å². The lowest BCUT2D eigenvalue weighted by Gasteiger charge is -2.14. The van der Waals surface area contributed by atoms with E-state index in [9.17, 15) is 13.2 Å². The molecule has 0 aromatic carbocycles. The van der Waals surface area contributed by atoms with Crippen molar-refractivity contribution in [1.29, 1.82) is 0 Å². The number of halogens is 5. The van der Waals surface area contributed by atoms with Crippen molar-refractivity contribution in [2.24, 2.45) is 0 Å². The van der Waals surface area contributed by atoms with Crippen LogP contribution in [-0.2, 0) is 6.18 Å². The molecular weight excluding hydrogens is 314 g/mol. The Kier molecular flexibility index (Phi) is 4.06. The molecule has 20 heavy (non-hydrogen) atoms. The highest BCUT2D eigenvalue weighted by Crippen LogP contribution is 2.39. The summed E-state index contributed by atoms with van der Waals surface area (Å²) in [5.41, 5.74) is -1.08. The fourth-order valence-corrected chi connectivity index (χ4v) is 2.22. The summed E-state index contributed by atoms with van der Waals surface area (Å²) in [7, 11) is 1.56. The minimum atomic E-state index is -4.53. The lowest BCUT2D eigenvalue weighted by Crippen LogP contribution is -2.08. The average Bonchev–Trinajstić information content (AvgIpc) is 2.38. The summed E-state index contributed by atoms with van der Waals surface area (Å²) in [4.78, 5) is 7.72. The number of nitrogens with one attached hydrogen (secondary N) is 1. The molecule has 0 bridgehead atoms. The Bertz CT molecular complexity index is 644. The van der Waals surface area contributed by atoms with E-state index in [2.05, 4.69) is 15.3 Å². The van der Waals surface area contributed by atoms with Crippen molar-refractivity contribution in [3.8, 4) is 11.3 Å². The molecule has 0 saturated heterocycles. The van der Waals surface area contributed by atoms with Gasteiger partial charge < -0.3 is 5.32 Å². The van der Waals surface area contributed by atoms with Gasteiger partial charge in [0, 0.05) is 25.0 Å². The molecule has 2 aromatic rings. The van der Waals surface area contributed by atoms with Gasteiger partial charge in [0.1, 0.15) is 5.82 Å². The third-order valence-electron chi connectivity index (χ3n) is 2.55. The molecule has 0 fully saturated rings. The van der Waals surface area contributed by atoms with E-state index >= 15 is 0 Å². The maximum absolute atomic E-state index is 13.0. The van der Waals surface area contributed by atoms with Crippen LogP contribution in [0.1, 0.15) is 5.56 Å². The first-order valence-corrected chi connectivity index (χ1v) is 6.15. The molecule has 0 spiro atoms. The van der Waals surface area contributed by atoms with Crippen LogP contribution in [0.3, 0.4) is 0 Å². The summed E-state index contributed by atoms with van der Waals surface area (Å²) < 4.78 is 39.0. The van der Waals surface area contributed by atoms with E-state index in [4.69, 9.17) is 23.2 Å². The maximum atomic E-state index is 13.0. The summed E-state index contributed by atoms with van der Waals surface area (Å²) in [5, 5.41) is 2.93. The standard InChI is InChI=1S/C12H8Cl2F3N3/c1-18-11-9(14)4-8(13)10(20-11)6-5-19-3-2-7(6)12(15,16)17/h2-5H,1H3,(H,18,20). The van der Waals surface area contributed by atoms with E-state index in [0.29, 0.717) is 0 Å². The average molecular weight is 322 g/mol. The molecule has 0 aliphatic carbocycles. The topological polar surface area (TPSA) is 37.8 Å².